The second-order valence-electron chi connectivity index (χ2n) is 4.80. The SMILES string of the molecule is CC(=O)Nc1cccc(OCC(C)(C)CBr)c1. The number of nitrogens with one attached hydrogen (secondary N) is 1. The van der Waals surface area contributed by atoms with Crippen molar-refractivity contribution in [3.8, 4) is 5.75 Å². The number of ether oxygens (including phenoxy) is 1. The smallest absolute Gasteiger partial charge is 0.221 e. The first kappa shape index (κ1) is 14.0. The van der Waals surface area contributed by atoms with E-state index in [9.17, 15) is 4.79 Å². The number of alkyl halides is 1. The third-order valence-electron chi connectivity index (χ3n) is 2.15. The van der Waals surface area contributed by atoms with Gasteiger partial charge in [-0.05, 0) is 12.1 Å². The van der Waals surface area contributed by atoms with E-state index in [-0.39, 0.29) is 11.3 Å². The highest BCUT2D eigenvalue weighted by Gasteiger charge is 2.16. The number of amides is 1. The quantitative estimate of drug-likeness (QED) is 0.846. The fraction of sp³-hybridized carbons (Fsp3) is 0.462. The first-order valence-electron chi connectivity index (χ1n) is 5.49. The molecule has 0 aromatic heterocycles. The van der Waals surface area contributed by atoms with E-state index in [2.05, 4.69) is 35.1 Å². The zero-order valence-corrected chi connectivity index (χ0v) is 12.0. The van der Waals surface area contributed by atoms with Crippen molar-refractivity contribution in [2.45, 2.75) is 20.8 Å². The molecule has 0 fully saturated rings. The maximum Gasteiger partial charge on any atom is 0.221 e. The zero-order chi connectivity index (χ0) is 12.9. The number of halogens is 1. The number of hydrogen-bond acceptors (Lipinski definition) is 2. The van der Waals surface area contributed by atoms with Crippen molar-refractivity contribution in [2.75, 3.05) is 17.3 Å². The van der Waals surface area contributed by atoms with Crippen LogP contribution in [0, 0.1) is 5.41 Å². The molecule has 0 heterocycles. The van der Waals surface area contributed by atoms with Gasteiger partial charge in [-0.3, -0.25) is 4.79 Å². The Morgan fingerprint density at radius 1 is 1.47 bits per heavy atom. The summed E-state index contributed by atoms with van der Waals surface area (Å²) in [5.74, 6) is 0.688. The summed E-state index contributed by atoms with van der Waals surface area (Å²) >= 11 is 3.45. The largest absolute Gasteiger partial charge is 0.493 e. The van der Waals surface area contributed by atoms with Gasteiger partial charge in [0.1, 0.15) is 5.75 Å². The number of benzene rings is 1. The van der Waals surface area contributed by atoms with Crippen LogP contribution in [-0.4, -0.2) is 17.8 Å². The van der Waals surface area contributed by atoms with E-state index < -0.39 is 0 Å². The van der Waals surface area contributed by atoms with E-state index in [1.54, 1.807) is 0 Å². The molecular formula is C13H18BrNO2. The lowest BCUT2D eigenvalue weighted by Gasteiger charge is -2.21. The predicted octanol–water partition coefficient (Wildman–Crippen LogP) is 3.44. The van der Waals surface area contributed by atoms with Gasteiger partial charge >= 0.3 is 0 Å². The average molecular weight is 300 g/mol. The molecule has 0 radical (unpaired) electrons. The number of anilines is 1. The molecule has 94 valence electrons. The number of carbonyl (C=O) groups excluding carboxylic acids is 1. The molecule has 0 bridgehead atoms. The Hall–Kier alpha value is -1.03. The number of hydrogen-bond donors (Lipinski definition) is 1. The monoisotopic (exact) mass is 299 g/mol. The van der Waals surface area contributed by atoms with Gasteiger partial charge in [-0.1, -0.05) is 35.8 Å². The maximum atomic E-state index is 10.9. The Bertz CT molecular complexity index is 391. The van der Waals surface area contributed by atoms with Gasteiger partial charge in [0.15, 0.2) is 0 Å². The third kappa shape index (κ3) is 5.22. The van der Waals surface area contributed by atoms with Gasteiger partial charge in [-0.2, -0.15) is 0 Å². The highest BCUT2D eigenvalue weighted by atomic mass is 79.9. The highest BCUT2D eigenvalue weighted by molar-refractivity contribution is 9.09. The van der Waals surface area contributed by atoms with E-state index in [0.717, 1.165) is 16.8 Å². The summed E-state index contributed by atoms with van der Waals surface area (Å²) in [6.07, 6.45) is 0. The molecule has 1 aromatic carbocycles. The van der Waals surface area contributed by atoms with Crippen molar-refractivity contribution in [1.82, 2.24) is 0 Å². The van der Waals surface area contributed by atoms with Gasteiger partial charge in [-0.15, -0.1) is 0 Å². The summed E-state index contributed by atoms with van der Waals surface area (Å²) in [5.41, 5.74) is 0.843. The Balaban J connectivity index is 2.63. The highest BCUT2D eigenvalue weighted by Crippen LogP contribution is 2.22. The summed E-state index contributed by atoms with van der Waals surface area (Å²) in [5, 5.41) is 3.61. The minimum atomic E-state index is -0.0806. The topological polar surface area (TPSA) is 38.3 Å². The van der Waals surface area contributed by atoms with E-state index in [1.807, 2.05) is 24.3 Å². The molecule has 17 heavy (non-hydrogen) atoms. The van der Waals surface area contributed by atoms with E-state index in [1.165, 1.54) is 6.92 Å². The third-order valence-corrected chi connectivity index (χ3v) is 3.66. The fourth-order valence-electron chi connectivity index (χ4n) is 1.18. The second kappa shape index (κ2) is 6.05. The average Bonchev–Trinajstić information content (AvgIpc) is 2.26. The molecular weight excluding hydrogens is 282 g/mol. The molecule has 0 aliphatic rings. The van der Waals surface area contributed by atoms with Gasteiger partial charge in [0.05, 0.1) is 6.61 Å². The van der Waals surface area contributed by atoms with Crippen molar-refractivity contribution in [3.63, 3.8) is 0 Å². The molecule has 0 aliphatic carbocycles. The van der Waals surface area contributed by atoms with Gasteiger partial charge in [0.25, 0.3) is 0 Å². The van der Waals surface area contributed by atoms with Crippen LogP contribution >= 0.6 is 15.9 Å². The molecule has 1 rings (SSSR count). The van der Waals surface area contributed by atoms with Gasteiger partial charge in [-0.25, -0.2) is 0 Å². The van der Waals surface area contributed by atoms with E-state index in [0.29, 0.717) is 6.61 Å². The lowest BCUT2D eigenvalue weighted by molar-refractivity contribution is -0.114. The molecule has 1 N–H and O–H groups in total. The zero-order valence-electron chi connectivity index (χ0n) is 10.4. The molecule has 0 saturated heterocycles. The lowest BCUT2D eigenvalue weighted by Crippen LogP contribution is -2.22. The lowest BCUT2D eigenvalue weighted by atomic mass is 9.98. The fourth-order valence-corrected chi connectivity index (χ4v) is 1.35. The van der Waals surface area contributed by atoms with Gasteiger partial charge in [0, 0.05) is 29.4 Å². The Morgan fingerprint density at radius 3 is 2.76 bits per heavy atom. The van der Waals surface area contributed by atoms with Crippen molar-refractivity contribution in [1.29, 1.82) is 0 Å². The van der Waals surface area contributed by atoms with Crippen LogP contribution in [0.1, 0.15) is 20.8 Å². The van der Waals surface area contributed by atoms with E-state index in [4.69, 9.17) is 4.74 Å². The Labute approximate surface area is 111 Å². The van der Waals surface area contributed by atoms with Crippen molar-refractivity contribution >= 4 is 27.5 Å². The van der Waals surface area contributed by atoms with Crippen LogP contribution in [-0.2, 0) is 4.79 Å². The summed E-state index contributed by atoms with van der Waals surface area (Å²) < 4.78 is 5.70. The molecule has 0 spiro atoms. The normalized spacial score (nSPS) is 11.1. The molecule has 0 atom stereocenters. The molecule has 0 saturated carbocycles. The summed E-state index contributed by atoms with van der Waals surface area (Å²) in [6, 6.07) is 7.41. The number of carbonyl (C=O) groups is 1. The molecule has 1 aromatic rings. The standard InChI is InChI=1S/C13H18BrNO2/c1-10(16)15-11-5-4-6-12(7-11)17-9-13(2,3)8-14/h4-7H,8-9H2,1-3H3,(H,15,16). The van der Waals surface area contributed by atoms with E-state index >= 15 is 0 Å². The van der Waals surface area contributed by atoms with Crippen molar-refractivity contribution < 1.29 is 9.53 Å². The Kier molecular flexibility index (Phi) is 5.00. The molecule has 3 nitrogen and oxygen atoms in total. The Morgan fingerprint density at radius 2 is 2.18 bits per heavy atom. The van der Waals surface area contributed by atoms with Crippen LogP contribution in [0.4, 0.5) is 5.69 Å². The number of rotatable bonds is 5. The first-order valence-corrected chi connectivity index (χ1v) is 6.61. The maximum absolute atomic E-state index is 10.9. The molecule has 4 heteroatoms. The predicted molar refractivity (Wildman–Crippen MR) is 73.8 cm³/mol. The minimum absolute atomic E-state index is 0.0806. The van der Waals surface area contributed by atoms with Crippen molar-refractivity contribution in [3.05, 3.63) is 24.3 Å². The van der Waals surface area contributed by atoms with Crippen LogP contribution in [0.3, 0.4) is 0 Å². The molecule has 1 amide bonds. The summed E-state index contributed by atoms with van der Waals surface area (Å²) in [4.78, 5) is 10.9. The summed E-state index contributed by atoms with van der Waals surface area (Å²) in [7, 11) is 0. The molecule has 0 unspecified atom stereocenters. The van der Waals surface area contributed by atoms with Crippen LogP contribution < -0.4 is 10.1 Å². The van der Waals surface area contributed by atoms with Gasteiger partial charge in [0.2, 0.25) is 5.91 Å². The molecule has 0 aliphatic heterocycles. The minimum Gasteiger partial charge on any atom is -0.493 e. The van der Waals surface area contributed by atoms with Crippen molar-refractivity contribution in [2.24, 2.45) is 5.41 Å². The van der Waals surface area contributed by atoms with Crippen LogP contribution in [0.15, 0.2) is 24.3 Å². The second-order valence-corrected chi connectivity index (χ2v) is 5.36. The van der Waals surface area contributed by atoms with Crippen LogP contribution in [0.2, 0.25) is 0 Å². The summed E-state index contributed by atoms with van der Waals surface area (Å²) in [6.45, 7) is 6.36. The van der Waals surface area contributed by atoms with Crippen LogP contribution in [0.5, 0.6) is 5.75 Å². The first-order chi connectivity index (χ1) is 7.93. The van der Waals surface area contributed by atoms with Crippen LogP contribution in [0.25, 0.3) is 0 Å². The van der Waals surface area contributed by atoms with Gasteiger partial charge < -0.3 is 10.1 Å².